The Hall–Kier alpha value is -1.60. The first-order valence-electron chi connectivity index (χ1n) is 6.25. The monoisotopic (exact) mass is 302 g/mol. The number of likely N-dealkylation sites (N-methyl/N-ethyl adjacent to an activating group) is 1. The fourth-order valence-corrected chi connectivity index (χ4v) is 1.94. The number of piperazine rings is 1. The van der Waals surface area contributed by atoms with Crippen LogP contribution in [0.25, 0.3) is 0 Å². The van der Waals surface area contributed by atoms with Gasteiger partial charge in [0.2, 0.25) is 11.7 Å². The second kappa shape index (κ2) is 7.25. The summed E-state index contributed by atoms with van der Waals surface area (Å²) in [5, 5.41) is 6.84. The Morgan fingerprint density at radius 3 is 2.65 bits per heavy atom. The average Bonchev–Trinajstić information content (AvgIpc) is 2.85. The van der Waals surface area contributed by atoms with Gasteiger partial charge in [-0.3, -0.25) is 9.59 Å². The molecule has 1 aromatic heterocycles. The van der Waals surface area contributed by atoms with E-state index in [0.29, 0.717) is 18.8 Å². The van der Waals surface area contributed by atoms with Gasteiger partial charge in [0, 0.05) is 39.3 Å². The number of halogens is 1. The Bertz CT molecular complexity index is 471. The second-order valence-electron chi connectivity index (χ2n) is 4.62. The van der Waals surface area contributed by atoms with Gasteiger partial charge in [-0.25, -0.2) is 0 Å². The lowest BCUT2D eigenvalue weighted by Gasteiger charge is -2.29. The molecule has 1 aromatic rings. The van der Waals surface area contributed by atoms with Crippen molar-refractivity contribution in [2.24, 2.45) is 0 Å². The lowest BCUT2D eigenvalue weighted by atomic mass is 10.3. The molecule has 1 aliphatic rings. The summed E-state index contributed by atoms with van der Waals surface area (Å²) in [6, 6.07) is 1.56. The minimum absolute atomic E-state index is 0. The fraction of sp³-hybridized carbons (Fsp3) is 0.583. The van der Waals surface area contributed by atoms with Gasteiger partial charge in [-0.1, -0.05) is 5.16 Å². The van der Waals surface area contributed by atoms with Crippen molar-refractivity contribution in [1.29, 1.82) is 0 Å². The molecule has 0 bridgehead atoms. The summed E-state index contributed by atoms with van der Waals surface area (Å²) in [5.41, 5.74) is 0.644. The van der Waals surface area contributed by atoms with Gasteiger partial charge in [-0.05, 0) is 6.92 Å². The first kappa shape index (κ1) is 16.5. The molecular weight excluding hydrogens is 284 g/mol. The maximum atomic E-state index is 12.0. The van der Waals surface area contributed by atoms with Gasteiger partial charge < -0.3 is 19.6 Å². The molecule has 0 atom stereocenters. The predicted molar refractivity (Wildman–Crippen MR) is 74.9 cm³/mol. The van der Waals surface area contributed by atoms with Gasteiger partial charge in [0.05, 0.1) is 12.2 Å². The highest BCUT2D eigenvalue weighted by Gasteiger charge is 2.22. The molecule has 112 valence electrons. The van der Waals surface area contributed by atoms with Crippen molar-refractivity contribution in [3.05, 3.63) is 17.5 Å². The van der Waals surface area contributed by atoms with Gasteiger partial charge in [0.1, 0.15) is 0 Å². The zero-order valence-corrected chi connectivity index (χ0v) is 12.4. The smallest absolute Gasteiger partial charge is 0.292 e. The molecule has 7 nitrogen and oxygen atoms in total. The summed E-state index contributed by atoms with van der Waals surface area (Å²) in [6.45, 7) is 4.75. The van der Waals surface area contributed by atoms with Gasteiger partial charge in [-0.15, -0.1) is 12.4 Å². The Kier molecular flexibility index (Phi) is 5.97. The molecule has 2 heterocycles. The molecular formula is C12H19ClN4O3. The molecule has 0 aromatic carbocycles. The number of hydrogen-bond acceptors (Lipinski definition) is 5. The molecule has 1 N–H and O–H groups in total. The Morgan fingerprint density at radius 2 is 2.10 bits per heavy atom. The van der Waals surface area contributed by atoms with Crippen molar-refractivity contribution in [1.82, 2.24) is 20.3 Å². The van der Waals surface area contributed by atoms with Crippen LogP contribution in [-0.4, -0.2) is 66.5 Å². The highest BCUT2D eigenvalue weighted by molar-refractivity contribution is 5.94. The van der Waals surface area contributed by atoms with Crippen LogP contribution < -0.4 is 5.32 Å². The Morgan fingerprint density at radius 1 is 1.45 bits per heavy atom. The van der Waals surface area contributed by atoms with Crippen LogP contribution >= 0.6 is 12.4 Å². The third-order valence-electron chi connectivity index (χ3n) is 3.03. The largest absolute Gasteiger partial charge is 0.351 e. The summed E-state index contributed by atoms with van der Waals surface area (Å²) < 4.78 is 4.90. The molecule has 0 radical (unpaired) electrons. The summed E-state index contributed by atoms with van der Waals surface area (Å²) in [6.07, 6.45) is 0. The molecule has 2 rings (SSSR count). The molecule has 20 heavy (non-hydrogen) atoms. The second-order valence-corrected chi connectivity index (χ2v) is 4.62. The van der Waals surface area contributed by atoms with Crippen molar-refractivity contribution in [2.75, 3.05) is 39.8 Å². The van der Waals surface area contributed by atoms with E-state index >= 15 is 0 Å². The molecule has 8 heteroatoms. The van der Waals surface area contributed by atoms with E-state index in [0.717, 1.165) is 13.1 Å². The molecule has 1 saturated heterocycles. The third-order valence-corrected chi connectivity index (χ3v) is 3.03. The summed E-state index contributed by atoms with van der Waals surface area (Å²) >= 11 is 0. The zero-order valence-electron chi connectivity index (χ0n) is 11.6. The molecule has 0 spiro atoms. The number of rotatable bonds is 3. The number of amides is 2. The van der Waals surface area contributed by atoms with E-state index in [2.05, 4.69) is 10.5 Å². The topological polar surface area (TPSA) is 78.7 Å². The van der Waals surface area contributed by atoms with Crippen molar-refractivity contribution in [2.45, 2.75) is 6.92 Å². The van der Waals surface area contributed by atoms with Gasteiger partial charge in [-0.2, -0.15) is 0 Å². The van der Waals surface area contributed by atoms with Crippen LogP contribution in [-0.2, 0) is 4.79 Å². The van der Waals surface area contributed by atoms with Gasteiger partial charge in [0.15, 0.2) is 0 Å². The number of carbonyl (C=O) groups excluding carboxylic acids is 2. The predicted octanol–water partition coefficient (Wildman–Crippen LogP) is -0.0914. The first-order chi connectivity index (χ1) is 9.08. The van der Waals surface area contributed by atoms with Crippen molar-refractivity contribution in [3.63, 3.8) is 0 Å². The summed E-state index contributed by atoms with van der Waals surface area (Å²) in [5.74, 6) is -0.217. The lowest BCUT2D eigenvalue weighted by molar-refractivity contribution is -0.132. The highest BCUT2D eigenvalue weighted by Crippen LogP contribution is 2.06. The van der Waals surface area contributed by atoms with Gasteiger partial charge >= 0.3 is 0 Å². The minimum atomic E-state index is -0.330. The zero-order chi connectivity index (χ0) is 13.8. The van der Waals surface area contributed by atoms with E-state index in [9.17, 15) is 9.59 Å². The molecule has 1 aliphatic heterocycles. The number of nitrogens with zero attached hydrogens (tertiary/aromatic N) is 3. The standard InChI is InChI=1S/C12H18N4O3.ClH/c1-9-7-10(19-14-9)12(18)15(2)8-11(17)16-5-3-13-4-6-16;/h7,13H,3-6,8H2,1-2H3;1H. The van der Waals surface area contributed by atoms with E-state index in [1.165, 1.54) is 4.90 Å². The van der Waals surface area contributed by atoms with E-state index in [1.54, 1.807) is 24.9 Å². The van der Waals surface area contributed by atoms with Crippen LogP contribution in [0.15, 0.2) is 10.6 Å². The molecule has 2 amide bonds. The minimum Gasteiger partial charge on any atom is -0.351 e. The van der Waals surface area contributed by atoms with E-state index < -0.39 is 0 Å². The maximum Gasteiger partial charge on any atom is 0.292 e. The maximum absolute atomic E-state index is 12.0. The van der Waals surface area contributed by atoms with Crippen molar-refractivity contribution in [3.8, 4) is 0 Å². The molecule has 1 fully saturated rings. The normalized spacial score (nSPS) is 14.6. The SMILES string of the molecule is Cc1cc(C(=O)N(C)CC(=O)N2CCNCC2)on1.Cl. The molecule has 0 unspecified atom stereocenters. The summed E-state index contributed by atoms with van der Waals surface area (Å²) in [4.78, 5) is 27.1. The number of carbonyl (C=O) groups is 2. The molecule has 0 aliphatic carbocycles. The Labute approximate surface area is 123 Å². The van der Waals surface area contributed by atoms with Crippen LogP contribution in [0.1, 0.15) is 16.2 Å². The van der Waals surface area contributed by atoms with E-state index in [1.807, 2.05) is 0 Å². The van der Waals surface area contributed by atoms with Crippen LogP contribution in [0.2, 0.25) is 0 Å². The molecule has 0 saturated carbocycles. The first-order valence-corrected chi connectivity index (χ1v) is 6.25. The number of aryl methyl sites for hydroxylation is 1. The number of aromatic nitrogens is 1. The third kappa shape index (κ3) is 3.94. The quantitative estimate of drug-likeness (QED) is 0.844. The lowest BCUT2D eigenvalue weighted by Crippen LogP contribution is -2.49. The van der Waals surface area contributed by atoms with Crippen LogP contribution in [0.5, 0.6) is 0 Å². The Balaban J connectivity index is 0.00000200. The van der Waals surface area contributed by atoms with Gasteiger partial charge in [0.25, 0.3) is 5.91 Å². The van der Waals surface area contributed by atoms with Crippen LogP contribution in [0, 0.1) is 6.92 Å². The van der Waals surface area contributed by atoms with Crippen molar-refractivity contribution < 1.29 is 14.1 Å². The average molecular weight is 303 g/mol. The summed E-state index contributed by atoms with van der Waals surface area (Å²) in [7, 11) is 1.58. The highest BCUT2D eigenvalue weighted by atomic mass is 35.5. The fourth-order valence-electron chi connectivity index (χ4n) is 1.94. The van der Waals surface area contributed by atoms with Crippen molar-refractivity contribution >= 4 is 24.2 Å². The van der Waals surface area contributed by atoms with E-state index in [4.69, 9.17) is 4.52 Å². The van der Waals surface area contributed by atoms with Crippen LogP contribution in [0.3, 0.4) is 0 Å². The number of hydrogen-bond donors (Lipinski definition) is 1. The van der Waals surface area contributed by atoms with Crippen LogP contribution in [0.4, 0.5) is 0 Å². The van der Waals surface area contributed by atoms with E-state index in [-0.39, 0.29) is 36.5 Å². The number of nitrogens with one attached hydrogen (secondary N) is 1.